The number of nitrogens with zero attached hydrogens (tertiary/aromatic N) is 3. The molecule has 0 atom stereocenters. The number of benzene rings is 2. The normalized spacial score (nSPS) is 13.4. The molecule has 1 fully saturated rings. The number of hydrogen-bond donors (Lipinski definition) is 1. The lowest BCUT2D eigenvalue weighted by Crippen LogP contribution is -2.17. The van der Waals surface area contributed by atoms with Gasteiger partial charge < -0.3 is 19.5 Å². The van der Waals surface area contributed by atoms with Crippen molar-refractivity contribution in [2.75, 3.05) is 29.9 Å². The molecule has 2 aromatic carbocycles. The molecule has 0 saturated carbocycles. The summed E-state index contributed by atoms with van der Waals surface area (Å²) in [5.74, 6) is 1.52. The van der Waals surface area contributed by atoms with Gasteiger partial charge in [-0.3, -0.25) is 4.79 Å². The number of carbonyl (C=O) groups excluding carboxylic acids is 1. The van der Waals surface area contributed by atoms with Crippen LogP contribution in [0.3, 0.4) is 0 Å². The van der Waals surface area contributed by atoms with Gasteiger partial charge in [-0.1, -0.05) is 17.3 Å². The van der Waals surface area contributed by atoms with E-state index in [4.69, 9.17) is 9.26 Å². The first-order valence-electron chi connectivity index (χ1n) is 10.4. The van der Waals surface area contributed by atoms with Gasteiger partial charge in [0.25, 0.3) is 0 Å². The van der Waals surface area contributed by atoms with Crippen LogP contribution in [0.25, 0.3) is 11.4 Å². The molecule has 1 amide bonds. The van der Waals surface area contributed by atoms with Crippen LogP contribution in [0.2, 0.25) is 0 Å². The van der Waals surface area contributed by atoms with Gasteiger partial charge in [0.05, 0.1) is 12.3 Å². The maximum Gasteiger partial charge on any atom is 0.227 e. The van der Waals surface area contributed by atoms with Crippen LogP contribution in [0, 0.1) is 0 Å². The highest BCUT2D eigenvalue weighted by molar-refractivity contribution is 5.92. The van der Waals surface area contributed by atoms with E-state index in [1.54, 1.807) is 0 Å². The van der Waals surface area contributed by atoms with Crippen LogP contribution in [-0.2, 0) is 11.2 Å². The predicted octanol–water partition coefficient (Wildman–Crippen LogP) is 4.31. The van der Waals surface area contributed by atoms with Crippen LogP contribution >= 0.6 is 0 Å². The SMILES string of the molecule is CCOc1ccccc1NC(=O)CCc1nc(-c2ccc(N3CCCC3)cc2)no1. The van der Waals surface area contributed by atoms with Crippen molar-refractivity contribution >= 4 is 17.3 Å². The summed E-state index contributed by atoms with van der Waals surface area (Å²) >= 11 is 0. The van der Waals surface area contributed by atoms with E-state index in [1.807, 2.05) is 43.3 Å². The highest BCUT2D eigenvalue weighted by atomic mass is 16.5. The summed E-state index contributed by atoms with van der Waals surface area (Å²) in [6.45, 7) is 4.67. The van der Waals surface area contributed by atoms with Crippen LogP contribution in [0.1, 0.15) is 32.1 Å². The molecule has 0 aliphatic carbocycles. The van der Waals surface area contributed by atoms with Crippen molar-refractivity contribution in [3.05, 3.63) is 54.4 Å². The Labute approximate surface area is 176 Å². The molecule has 30 heavy (non-hydrogen) atoms. The van der Waals surface area contributed by atoms with Gasteiger partial charge in [0.1, 0.15) is 5.75 Å². The zero-order chi connectivity index (χ0) is 20.8. The third kappa shape index (κ3) is 4.79. The van der Waals surface area contributed by atoms with Gasteiger partial charge in [-0.15, -0.1) is 0 Å². The second-order valence-corrected chi connectivity index (χ2v) is 7.23. The molecule has 0 radical (unpaired) electrons. The summed E-state index contributed by atoms with van der Waals surface area (Å²) < 4.78 is 10.9. The number of nitrogens with one attached hydrogen (secondary N) is 1. The predicted molar refractivity (Wildman–Crippen MR) is 116 cm³/mol. The van der Waals surface area contributed by atoms with Crippen molar-refractivity contribution in [1.82, 2.24) is 10.1 Å². The summed E-state index contributed by atoms with van der Waals surface area (Å²) in [4.78, 5) is 19.1. The van der Waals surface area contributed by atoms with Crippen molar-refractivity contribution in [1.29, 1.82) is 0 Å². The largest absolute Gasteiger partial charge is 0.492 e. The average Bonchev–Trinajstić information content (AvgIpc) is 3.47. The van der Waals surface area contributed by atoms with Crippen LogP contribution in [0.5, 0.6) is 5.75 Å². The van der Waals surface area contributed by atoms with Crippen LogP contribution < -0.4 is 15.0 Å². The Kier molecular flexibility index (Phi) is 6.27. The maximum atomic E-state index is 12.3. The third-order valence-corrected chi connectivity index (χ3v) is 5.09. The molecule has 1 N–H and O–H groups in total. The van der Waals surface area contributed by atoms with E-state index in [0.717, 1.165) is 18.7 Å². The van der Waals surface area contributed by atoms with Crippen molar-refractivity contribution in [3.63, 3.8) is 0 Å². The van der Waals surface area contributed by atoms with E-state index < -0.39 is 0 Å². The summed E-state index contributed by atoms with van der Waals surface area (Å²) in [6.07, 6.45) is 3.12. The van der Waals surface area contributed by atoms with Gasteiger partial charge in [0.2, 0.25) is 17.6 Å². The van der Waals surface area contributed by atoms with E-state index in [1.165, 1.54) is 18.5 Å². The lowest BCUT2D eigenvalue weighted by molar-refractivity contribution is -0.116. The number of amides is 1. The molecule has 0 spiro atoms. The van der Waals surface area contributed by atoms with Gasteiger partial charge in [-0.2, -0.15) is 4.98 Å². The second kappa shape index (κ2) is 9.43. The molecular weight excluding hydrogens is 380 g/mol. The summed E-state index contributed by atoms with van der Waals surface area (Å²) in [7, 11) is 0. The lowest BCUT2D eigenvalue weighted by atomic mass is 10.2. The average molecular weight is 406 g/mol. The molecule has 3 aromatic rings. The van der Waals surface area contributed by atoms with E-state index in [0.29, 0.717) is 36.2 Å². The molecule has 0 bridgehead atoms. The van der Waals surface area contributed by atoms with Crippen LogP contribution in [-0.4, -0.2) is 35.7 Å². The quantitative estimate of drug-likeness (QED) is 0.601. The van der Waals surface area contributed by atoms with Crippen molar-refractivity contribution < 1.29 is 14.1 Å². The fraction of sp³-hybridized carbons (Fsp3) is 0.348. The van der Waals surface area contributed by atoms with Crippen molar-refractivity contribution in [2.45, 2.75) is 32.6 Å². The van der Waals surface area contributed by atoms with Crippen LogP contribution in [0.15, 0.2) is 53.1 Å². The van der Waals surface area contributed by atoms with Crippen molar-refractivity contribution in [3.8, 4) is 17.1 Å². The fourth-order valence-corrected chi connectivity index (χ4v) is 3.55. The molecule has 7 heteroatoms. The lowest BCUT2D eigenvalue weighted by Gasteiger charge is -2.17. The Morgan fingerprint density at radius 2 is 1.90 bits per heavy atom. The minimum Gasteiger partial charge on any atom is -0.492 e. The number of aryl methyl sites for hydroxylation is 1. The highest BCUT2D eigenvalue weighted by Gasteiger charge is 2.14. The molecule has 1 aliphatic rings. The van der Waals surface area contributed by atoms with Gasteiger partial charge in [0.15, 0.2) is 0 Å². The molecule has 1 aliphatic heterocycles. The Morgan fingerprint density at radius 3 is 2.67 bits per heavy atom. The van der Waals surface area contributed by atoms with E-state index in [-0.39, 0.29) is 12.3 Å². The minimum atomic E-state index is -0.128. The number of para-hydroxylation sites is 2. The van der Waals surface area contributed by atoms with E-state index >= 15 is 0 Å². The minimum absolute atomic E-state index is 0.128. The number of ether oxygens (including phenoxy) is 1. The maximum absolute atomic E-state index is 12.3. The number of carbonyl (C=O) groups is 1. The van der Waals surface area contributed by atoms with Gasteiger partial charge in [-0.25, -0.2) is 0 Å². The van der Waals surface area contributed by atoms with E-state index in [2.05, 4.69) is 32.5 Å². The van der Waals surface area contributed by atoms with Crippen LogP contribution in [0.4, 0.5) is 11.4 Å². The summed E-state index contributed by atoms with van der Waals surface area (Å²) in [5, 5.41) is 6.94. The molecule has 0 unspecified atom stereocenters. The number of rotatable bonds is 8. The fourth-order valence-electron chi connectivity index (χ4n) is 3.55. The highest BCUT2D eigenvalue weighted by Crippen LogP contribution is 2.25. The summed E-state index contributed by atoms with van der Waals surface area (Å²) in [6, 6.07) is 15.6. The molecule has 2 heterocycles. The first kappa shape index (κ1) is 19.9. The number of hydrogen-bond acceptors (Lipinski definition) is 6. The van der Waals surface area contributed by atoms with Gasteiger partial charge >= 0.3 is 0 Å². The molecule has 1 saturated heterocycles. The molecular formula is C23H26N4O3. The smallest absolute Gasteiger partial charge is 0.227 e. The number of anilines is 2. The molecule has 4 rings (SSSR count). The Morgan fingerprint density at radius 1 is 1.13 bits per heavy atom. The van der Waals surface area contributed by atoms with Gasteiger partial charge in [-0.05, 0) is 56.2 Å². The molecule has 7 nitrogen and oxygen atoms in total. The zero-order valence-electron chi connectivity index (χ0n) is 17.1. The van der Waals surface area contributed by atoms with Gasteiger partial charge in [0, 0.05) is 37.2 Å². The monoisotopic (exact) mass is 406 g/mol. The van der Waals surface area contributed by atoms with Crippen molar-refractivity contribution in [2.24, 2.45) is 0 Å². The molecule has 156 valence electrons. The first-order valence-corrected chi connectivity index (χ1v) is 10.4. The van der Waals surface area contributed by atoms with E-state index in [9.17, 15) is 4.79 Å². The first-order chi connectivity index (χ1) is 14.7. The number of aromatic nitrogens is 2. The summed E-state index contributed by atoms with van der Waals surface area (Å²) in [5.41, 5.74) is 2.79. The Hall–Kier alpha value is -3.35. The molecule has 1 aromatic heterocycles. The Bertz CT molecular complexity index is 978. The third-order valence-electron chi connectivity index (χ3n) is 5.09. The Balaban J connectivity index is 1.33. The topological polar surface area (TPSA) is 80.5 Å². The second-order valence-electron chi connectivity index (χ2n) is 7.23. The zero-order valence-corrected chi connectivity index (χ0v) is 17.1. The standard InChI is InChI=1S/C23H26N4O3/c1-2-29-20-8-4-3-7-19(20)24-21(28)13-14-22-25-23(26-30-22)17-9-11-18(12-10-17)27-15-5-6-16-27/h3-4,7-12H,2,5-6,13-16H2,1H3,(H,24,28).